The third kappa shape index (κ3) is 16.9. The molecule has 0 bridgehead atoms. The zero-order valence-corrected chi connectivity index (χ0v) is 32.0. The van der Waals surface area contributed by atoms with E-state index in [0.29, 0.717) is 26.4 Å². The lowest BCUT2D eigenvalue weighted by Crippen LogP contribution is -2.14. The zero-order chi connectivity index (χ0) is 35.4. The Bertz CT molecular complexity index is 991. The molecule has 0 fully saturated rings. The van der Waals surface area contributed by atoms with Crippen LogP contribution in [-0.2, 0) is 14.2 Å². The van der Waals surface area contributed by atoms with Crippen LogP contribution in [-0.4, -0.2) is 40.0 Å². The Morgan fingerprint density at radius 1 is 0.429 bits per heavy atom. The summed E-state index contributed by atoms with van der Waals surface area (Å²) in [5, 5.41) is 0. The first-order chi connectivity index (χ1) is 24.1. The first kappa shape index (κ1) is 42.7. The highest BCUT2D eigenvalue weighted by atomic mass is 16.7. The van der Waals surface area contributed by atoms with Crippen LogP contribution >= 0.6 is 0 Å². The van der Waals surface area contributed by atoms with Crippen LogP contribution < -0.4 is 18.9 Å². The van der Waals surface area contributed by atoms with E-state index >= 15 is 0 Å². The Balaban J connectivity index is 2.12. The van der Waals surface area contributed by atoms with Gasteiger partial charge in [-0.25, -0.2) is 0 Å². The maximum absolute atomic E-state index is 6.40. The van der Waals surface area contributed by atoms with Gasteiger partial charge in [0.25, 0.3) is 0 Å². The average molecular weight is 687 g/mol. The Hall–Kier alpha value is -2.48. The Morgan fingerprint density at radius 2 is 0.796 bits per heavy atom. The summed E-state index contributed by atoms with van der Waals surface area (Å²) < 4.78 is 44.0. The van der Waals surface area contributed by atoms with E-state index in [1.807, 2.05) is 24.3 Å². The summed E-state index contributed by atoms with van der Waals surface area (Å²) in [6.45, 7) is 16.1. The van der Waals surface area contributed by atoms with Crippen LogP contribution in [0.4, 0.5) is 0 Å². The van der Waals surface area contributed by atoms with Gasteiger partial charge < -0.3 is 33.2 Å². The van der Waals surface area contributed by atoms with Crippen LogP contribution in [0.3, 0.4) is 0 Å². The molecule has 2 atom stereocenters. The lowest BCUT2D eigenvalue weighted by Gasteiger charge is -2.24. The van der Waals surface area contributed by atoms with Crippen LogP contribution in [0.1, 0.15) is 168 Å². The maximum atomic E-state index is 6.40. The molecule has 0 aliphatic rings. The first-order valence-corrected chi connectivity index (χ1v) is 19.7. The average Bonchev–Trinajstić information content (AvgIpc) is 3.12. The Labute approximate surface area is 299 Å². The smallest absolute Gasteiger partial charge is 0.166 e. The van der Waals surface area contributed by atoms with Crippen molar-refractivity contribution in [3.63, 3.8) is 0 Å². The Kier molecular flexibility index (Phi) is 24.6. The Morgan fingerprint density at radius 3 is 1.14 bits per heavy atom. The number of ether oxygens (including phenoxy) is 7. The van der Waals surface area contributed by atoms with Crippen LogP contribution in [0.25, 0.3) is 0 Å². The van der Waals surface area contributed by atoms with Gasteiger partial charge in [-0.3, -0.25) is 0 Å². The topological polar surface area (TPSA) is 64.6 Å². The first-order valence-electron chi connectivity index (χ1n) is 19.7. The van der Waals surface area contributed by atoms with Crippen LogP contribution in [0.5, 0.6) is 23.0 Å². The molecule has 0 aliphatic carbocycles. The molecule has 0 saturated heterocycles. The normalized spacial score (nSPS) is 12.5. The number of benzene rings is 2. The minimum atomic E-state index is -0.179. The van der Waals surface area contributed by atoms with E-state index in [1.165, 1.54) is 0 Å². The highest BCUT2D eigenvalue weighted by Gasteiger charge is 2.22. The summed E-state index contributed by atoms with van der Waals surface area (Å²) in [5.74, 6) is 3.20. The van der Waals surface area contributed by atoms with Gasteiger partial charge in [-0.05, 0) is 50.7 Å². The summed E-state index contributed by atoms with van der Waals surface area (Å²) >= 11 is 0. The summed E-state index contributed by atoms with van der Waals surface area (Å²) in [4.78, 5) is 0. The van der Waals surface area contributed by atoms with E-state index in [-0.39, 0.29) is 25.8 Å². The summed E-state index contributed by atoms with van der Waals surface area (Å²) in [6.07, 6.45) is 16.5. The molecule has 0 saturated carbocycles. The predicted octanol–water partition coefficient (Wildman–Crippen LogP) is 12.3. The molecular weight excluding hydrogens is 616 g/mol. The summed E-state index contributed by atoms with van der Waals surface area (Å²) in [6, 6.07) is 12.3. The molecule has 0 radical (unpaired) electrons. The van der Waals surface area contributed by atoms with Crippen molar-refractivity contribution in [2.24, 2.45) is 0 Å². The predicted molar refractivity (Wildman–Crippen MR) is 201 cm³/mol. The van der Waals surface area contributed by atoms with Crippen molar-refractivity contribution in [3.8, 4) is 23.0 Å². The van der Waals surface area contributed by atoms with Gasteiger partial charge in [0.05, 0.1) is 38.6 Å². The molecule has 0 heterocycles. The van der Waals surface area contributed by atoms with Crippen molar-refractivity contribution in [1.29, 1.82) is 0 Å². The summed E-state index contributed by atoms with van der Waals surface area (Å²) in [7, 11) is 0. The molecule has 0 aliphatic heterocycles. The van der Waals surface area contributed by atoms with Crippen LogP contribution in [0.2, 0.25) is 0 Å². The summed E-state index contributed by atoms with van der Waals surface area (Å²) in [5.41, 5.74) is 2.03. The molecule has 0 N–H and O–H groups in total. The minimum Gasteiger partial charge on any atom is -0.490 e. The highest BCUT2D eigenvalue weighted by Crippen LogP contribution is 2.40. The van der Waals surface area contributed by atoms with Gasteiger partial charge in [-0.1, -0.05) is 130 Å². The molecule has 7 heteroatoms. The van der Waals surface area contributed by atoms with Crippen molar-refractivity contribution < 1.29 is 33.2 Å². The number of para-hydroxylation sites is 2. The lowest BCUT2D eigenvalue weighted by atomic mass is 10.0. The van der Waals surface area contributed by atoms with Gasteiger partial charge >= 0.3 is 0 Å². The minimum absolute atomic E-state index is 0.112. The van der Waals surface area contributed by atoms with Crippen molar-refractivity contribution in [1.82, 2.24) is 0 Å². The van der Waals surface area contributed by atoms with Crippen molar-refractivity contribution in [2.45, 2.75) is 156 Å². The molecule has 7 nitrogen and oxygen atoms in total. The molecule has 2 aromatic rings. The number of unbranched alkanes of at least 4 members (excludes halogenated alkanes) is 8. The molecular formula is C42H70O7. The molecule has 0 spiro atoms. The van der Waals surface area contributed by atoms with E-state index in [0.717, 1.165) is 137 Å². The molecule has 280 valence electrons. The lowest BCUT2D eigenvalue weighted by molar-refractivity contribution is -0.168. The quantitative estimate of drug-likeness (QED) is 0.0560. The second-order valence-corrected chi connectivity index (χ2v) is 12.9. The molecule has 0 aromatic heterocycles. The molecule has 2 aromatic carbocycles. The van der Waals surface area contributed by atoms with Crippen LogP contribution in [0.15, 0.2) is 36.4 Å². The number of hydrogen-bond donors (Lipinski definition) is 0. The molecule has 2 rings (SSSR count). The second kappa shape index (κ2) is 28.2. The third-order valence-electron chi connectivity index (χ3n) is 8.52. The standard InChI is InChI=1S/C42H70O7/c1-7-13-17-29-44-39-27-21-25-35(41(39)46-31-19-15-9-3)37(23-11-5)48-33-43-34-49-38(24-12-6)36-26-22-28-40(45-30-18-14-8-2)42(36)47-32-20-16-10-4/h21-22,25-28,37-38H,7-20,23-24,29-34H2,1-6H3. The van der Waals surface area contributed by atoms with Gasteiger partial charge in [0.15, 0.2) is 23.0 Å². The highest BCUT2D eigenvalue weighted by molar-refractivity contribution is 5.48. The zero-order valence-electron chi connectivity index (χ0n) is 32.0. The monoisotopic (exact) mass is 687 g/mol. The fourth-order valence-electron chi connectivity index (χ4n) is 5.71. The van der Waals surface area contributed by atoms with E-state index in [4.69, 9.17) is 33.2 Å². The molecule has 49 heavy (non-hydrogen) atoms. The fourth-order valence-corrected chi connectivity index (χ4v) is 5.71. The largest absolute Gasteiger partial charge is 0.490 e. The SMILES string of the molecule is CCCCCOc1cccc(C(CCC)OCOCOC(CCC)c2cccc(OCCCCC)c2OCCCCC)c1OCCCCC. The van der Waals surface area contributed by atoms with Crippen LogP contribution in [0, 0.1) is 0 Å². The van der Waals surface area contributed by atoms with E-state index in [2.05, 4.69) is 53.7 Å². The third-order valence-corrected chi connectivity index (χ3v) is 8.52. The van der Waals surface area contributed by atoms with Crippen molar-refractivity contribution in [2.75, 3.05) is 40.0 Å². The van der Waals surface area contributed by atoms with Gasteiger partial charge in [-0.2, -0.15) is 0 Å². The molecule has 2 unspecified atom stereocenters. The number of hydrogen-bond acceptors (Lipinski definition) is 7. The van der Waals surface area contributed by atoms with E-state index in [1.54, 1.807) is 0 Å². The fraction of sp³-hybridized carbons (Fsp3) is 0.714. The second-order valence-electron chi connectivity index (χ2n) is 12.9. The van der Waals surface area contributed by atoms with Crippen molar-refractivity contribution in [3.05, 3.63) is 47.5 Å². The van der Waals surface area contributed by atoms with Gasteiger partial charge in [-0.15, -0.1) is 0 Å². The number of rotatable bonds is 32. The van der Waals surface area contributed by atoms with E-state index in [9.17, 15) is 0 Å². The van der Waals surface area contributed by atoms with E-state index < -0.39 is 0 Å². The van der Waals surface area contributed by atoms with Crippen molar-refractivity contribution >= 4 is 0 Å². The van der Waals surface area contributed by atoms with Gasteiger partial charge in [0.1, 0.15) is 13.6 Å². The molecule has 0 amide bonds. The van der Waals surface area contributed by atoms with Gasteiger partial charge in [0, 0.05) is 11.1 Å². The van der Waals surface area contributed by atoms with Gasteiger partial charge in [0.2, 0.25) is 0 Å². The maximum Gasteiger partial charge on any atom is 0.166 e.